The van der Waals surface area contributed by atoms with Crippen LogP contribution in [0, 0.1) is 5.92 Å². The molecule has 0 aromatic rings. The molecule has 1 atom stereocenters. The van der Waals surface area contributed by atoms with Gasteiger partial charge < -0.3 is 15.3 Å². The van der Waals surface area contributed by atoms with Crippen molar-refractivity contribution in [2.45, 2.75) is 26.3 Å². The summed E-state index contributed by atoms with van der Waals surface area (Å²) in [5.41, 5.74) is 0. The Bertz CT molecular complexity index is 360. The van der Waals surface area contributed by atoms with Gasteiger partial charge in [-0.25, -0.2) is 0 Å². The number of rotatable bonds is 6. The molecule has 6 nitrogen and oxygen atoms in total. The van der Waals surface area contributed by atoms with Crippen LogP contribution in [0.15, 0.2) is 0 Å². The number of carbonyl (C=O) groups is 3. The van der Waals surface area contributed by atoms with Crippen molar-refractivity contribution in [2.75, 3.05) is 24.6 Å². The molecule has 1 saturated heterocycles. The third-order valence-corrected chi connectivity index (χ3v) is 3.70. The molecule has 2 amide bonds. The lowest BCUT2D eigenvalue weighted by Crippen LogP contribution is -2.58. The fourth-order valence-electron chi connectivity index (χ4n) is 2.00. The zero-order valence-electron chi connectivity index (χ0n) is 11.2. The molecule has 19 heavy (non-hydrogen) atoms. The predicted molar refractivity (Wildman–Crippen MR) is 72.9 cm³/mol. The summed E-state index contributed by atoms with van der Waals surface area (Å²) in [6.45, 7) is 4.96. The largest absolute Gasteiger partial charge is 0.481 e. The molecule has 1 fully saturated rings. The molecule has 0 aromatic carbocycles. The van der Waals surface area contributed by atoms with E-state index in [1.165, 1.54) is 0 Å². The molecule has 0 spiro atoms. The van der Waals surface area contributed by atoms with E-state index in [-0.39, 0.29) is 23.3 Å². The highest BCUT2D eigenvalue weighted by Crippen LogP contribution is 2.16. The number of piperazine rings is 1. The van der Waals surface area contributed by atoms with Gasteiger partial charge in [0.25, 0.3) is 0 Å². The summed E-state index contributed by atoms with van der Waals surface area (Å²) in [5.74, 6) is -0.888. The first-order valence-corrected chi connectivity index (χ1v) is 7.44. The fourth-order valence-corrected chi connectivity index (χ4v) is 2.62. The van der Waals surface area contributed by atoms with E-state index < -0.39 is 12.0 Å². The van der Waals surface area contributed by atoms with Gasteiger partial charge in [-0.15, -0.1) is 11.8 Å². The van der Waals surface area contributed by atoms with E-state index in [1.54, 1.807) is 4.90 Å². The van der Waals surface area contributed by atoms with Crippen LogP contribution in [0.1, 0.15) is 20.3 Å². The highest BCUT2D eigenvalue weighted by atomic mass is 32.2. The molecule has 7 heteroatoms. The average Bonchev–Trinajstić information content (AvgIpc) is 2.30. The number of amides is 2. The van der Waals surface area contributed by atoms with Gasteiger partial charge in [0.15, 0.2) is 0 Å². The van der Waals surface area contributed by atoms with Gasteiger partial charge in [-0.3, -0.25) is 14.4 Å². The van der Waals surface area contributed by atoms with Crippen molar-refractivity contribution in [3.8, 4) is 0 Å². The van der Waals surface area contributed by atoms with E-state index in [9.17, 15) is 14.4 Å². The second kappa shape index (κ2) is 7.37. The van der Waals surface area contributed by atoms with Crippen LogP contribution < -0.4 is 5.32 Å². The van der Waals surface area contributed by atoms with Crippen molar-refractivity contribution in [3.63, 3.8) is 0 Å². The maximum Gasteiger partial charge on any atom is 0.313 e. The minimum absolute atomic E-state index is 0.0966. The van der Waals surface area contributed by atoms with Gasteiger partial charge in [-0.05, 0) is 12.3 Å². The Balaban J connectivity index is 2.58. The fraction of sp³-hybridized carbons (Fsp3) is 0.750. The number of carboxylic acids is 1. The minimum atomic E-state index is -0.937. The van der Waals surface area contributed by atoms with Crippen molar-refractivity contribution in [1.82, 2.24) is 10.2 Å². The molecular weight excluding hydrogens is 268 g/mol. The maximum atomic E-state index is 12.0. The number of aliphatic carboxylic acids is 1. The second-order valence-electron chi connectivity index (χ2n) is 4.91. The third-order valence-electron chi connectivity index (χ3n) is 2.80. The first kappa shape index (κ1) is 15.8. The van der Waals surface area contributed by atoms with Crippen LogP contribution in [0.5, 0.6) is 0 Å². The Kier molecular flexibility index (Phi) is 6.14. The molecule has 0 saturated carbocycles. The number of hydrogen-bond donors (Lipinski definition) is 2. The van der Waals surface area contributed by atoms with Gasteiger partial charge in [-0.2, -0.15) is 0 Å². The van der Waals surface area contributed by atoms with Gasteiger partial charge in [0.05, 0.1) is 11.5 Å². The van der Waals surface area contributed by atoms with Gasteiger partial charge in [0.2, 0.25) is 11.8 Å². The Labute approximate surface area is 116 Å². The molecule has 1 unspecified atom stereocenters. The number of thioether (sulfide) groups is 1. The molecule has 1 rings (SSSR count). The first-order chi connectivity index (χ1) is 8.91. The van der Waals surface area contributed by atoms with Crippen LogP contribution in [0.2, 0.25) is 0 Å². The molecule has 0 bridgehead atoms. The van der Waals surface area contributed by atoms with E-state index >= 15 is 0 Å². The Morgan fingerprint density at radius 3 is 2.74 bits per heavy atom. The molecule has 2 N–H and O–H groups in total. The average molecular weight is 288 g/mol. The van der Waals surface area contributed by atoms with Crippen molar-refractivity contribution in [2.24, 2.45) is 5.92 Å². The Hall–Kier alpha value is -1.24. The lowest BCUT2D eigenvalue weighted by Gasteiger charge is -2.36. The molecule has 0 aromatic heterocycles. The van der Waals surface area contributed by atoms with Crippen LogP contribution in [0.4, 0.5) is 0 Å². The van der Waals surface area contributed by atoms with Crippen molar-refractivity contribution >= 4 is 29.5 Å². The van der Waals surface area contributed by atoms with Gasteiger partial charge >= 0.3 is 5.97 Å². The third kappa shape index (κ3) is 5.10. The normalized spacial score (nSPS) is 19.4. The van der Waals surface area contributed by atoms with Crippen LogP contribution in [-0.2, 0) is 14.4 Å². The lowest BCUT2D eigenvalue weighted by molar-refractivity contribution is -0.142. The number of nitrogens with one attached hydrogen (secondary N) is 1. The number of hydrogen-bond acceptors (Lipinski definition) is 4. The van der Waals surface area contributed by atoms with E-state index in [1.807, 2.05) is 13.8 Å². The topological polar surface area (TPSA) is 86.7 Å². The van der Waals surface area contributed by atoms with Gasteiger partial charge in [0.1, 0.15) is 6.04 Å². The first-order valence-electron chi connectivity index (χ1n) is 6.28. The standard InChI is InChI=1S/C12H20N2O4S/c1-8(2)5-9-12(18)13-3-4-14(9)10(15)6-19-7-11(16)17/h8-9H,3-7H2,1-2H3,(H,13,18)(H,16,17). The summed E-state index contributed by atoms with van der Waals surface area (Å²) in [5, 5.41) is 11.3. The molecule has 0 aliphatic carbocycles. The highest BCUT2D eigenvalue weighted by Gasteiger charge is 2.33. The number of carbonyl (C=O) groups excluding carboxylic acids is 2. The van der Waals surface area contributed by atoms with Crippen LogP contribution >= 0.6 is 11.8 Å². The molecule has 1 aliphatic rings. The number of carboxylic acid groups (broad SMARTS) is 1. The van der Waals surface area contributed by atoms with Crippen LogP contribution in [0.3, 0.4) is 0 Å². The maximum absolute atomic E-state index is 12.0. The SMILES string of the molecule is CC(C)CC1C(=O)NCCN1C(=O)CSCC(=O)O. The van der Waals surface area contributed by atoms with Crippen molar-refractivity contribution in [1.29, 1.82) is 0 Å². The molecule has 1 aliphatic heterocycles. The molecule has 1 heterocycles. The predicted octanol–water partition coefficient (Wildman–Crippen LogP) is 0.177. The second-order valence-corrected chi connectivity index (χ2v) is 5.90. The summed E-state index contributed by atoms with van der Waals surface area (Å²) < 4.78 is 0. The van der Waals surface area contributed by atoms with E-state index in [4.69, 9.17) is 5.11 Å². The van der Waals surface area contributed by atoms with E-state index in [0.717, 1.165) is 11.8 Å². The van der Waals surface area contributed by atoms with Gasteiger partial charge in [0, 0.05) is 13.1 Å². The summed E-state index contributed by atoms with van der Waals surface area (Å²) in [4.78, 5) is 35.9. The summed E-state index contributed by atoms with van der Waals surface area (Å²) in [7, 11) is 0. The monoisotopic (exact) mass is 288 g/mol. The van der Waals surface area contributed by atoms with Crippen molar-refractivity contribution < 1.29 is 19.5 Å². The van der Waals surface area contributed by atoms with Crippen molar-refractivity contribution in [3.05, 3.63) is 0 Å². The molecule has 108 valence electrons. The summed E-state index contributed by atoms with van der Waals surface area (Å²) in [6.07, 6.45) is 0.626. The Morgan fingerprint density at radius 1 is 1.47 bits per heavy atom. The van der Waals surface area contributed by atoms with E-state index in [2.05, 4.69) is 5.32 Å². The van der Waals surface area contributed by atoms with Gasteiger partial charge in [-0.1, -0.05) is 13.8 Å². The smallest absolute Gasteiger partial charge is 0.313 e. The van der Waals surface area contributed by atoms with E-state index in [0.29, 0.717) is 25.4 Å². The molecule has 0 radical (unpaired) electrons. The highest BCUT2D eigenvalue weighted by molar-refractivity contribution is 8.00. The van der Waals surface area contributed by atoms with Crippen LogP contribution in [0.25, 0.3) is 0 Å². The molecular formula is C12H20N2O4S. The Morgan fingerprint density at radius 2 is 2.16 bits per heavy atom. The zero-order chi connectivity index (χ0) is 14.4. The van der Waals surface area contributed by atoms with Crippen LogP contribution in [-0.4, -0.2) is 58.4 Å². The minimum Gasteiger partial charge on any atom is -0.481 e. The zero-order valence-corrected chi connectivity index (χ0v) is 12.0. The lowest BCUT2D eigenvalue weighted by atomic mass is 10.00. The summed E-state index contributed by atoms with van der Waals surface area (Å²) >= 11 is 1.06. The quantitative estimate of drug-likeness (QED) is 0.728. The summed E-state index contributed by atoms with van der Waals surface area (Å²) in [6, 6.07) is -0.424. The number of nitrogens with zero attached hydrogens (tertiary/aromatic N) is 1.